The van der Waals surface area contributed by atoms with Gasteiger partial charge in [-0.1, -0.05) is 6.92 Å². The lowest BCUT2D eigenvalue weighted by molar-refractivity contribution is 0.271. The minimum Gasteiger partial charge on any atom is -0.394 e. The largest absolute Gasteiger partial charge is 0.394 e. The molecular weight excluding hydrogens is 246 g/mol. The van der Waals surface area contributed by atoms with Crippen molar-refractivity contribution in [1.29, 1.82) is 0 Å². The molecule has 1 aliphatic carbocycles. The molecule has 1 unspecified atom stereocenters. The van der Waals surface area contributed by atoms with Crippen molar-refractivity contribution in [1.82, 2.24) is 9.97 Å². The molecule has 1 aliphatic rings. The first-order valence-corrected chi connectivity index (χ1v) is 7.27. The van der Waals surface area contributed by atoms with Gasteiger partial charge in [0.15, 0.2) is 0 Å². The minimum absolute atomic E-state index is 0.0695. The maximum Gasteiger partial charge on any atom is 0.138 e. The molecule has 2 N–H and O–H groups in total. The number of thiophene rings is 1. The Labute approximate surface area is 110 Å². The molecule has 3 rings (SSSR count). The Morgan fingerprint density at radius 2 is 2.33 bits per heavy atom. The van der Waals surface area contributed by atoms with Gasteiger partial charge in [-0.05, 0) is 31.2 Å². The summed E-state index contributed by atoms with van der Waals surface area (Å²) in [4.78, 5) is 11.3. The normalized spacial score (nSPS) is 15.9. The molecule has 2 aromatic rings. The molecule has 96 valence electrons. The van der Waals surface area contributed by atoms with E-state index in [4.69, 9.17) is 0 Å². The highest BCUT2D eigenvalue weighted by Gasteiger charge is 2.21. The first-order chi connectivity index (χ1) is 8.83. The summed E-state index contributed by atoms with van der Waals surface area (Å²) in [6.45, 7) is 2.19. The zero-order valence-electron chi connectivity index (χ0n) is 10.4. The van der Waals surface area contributed by atoms with Gasteiger partial charge in [-0.15, -0.1) is 11.3 Å². The second-order valence-electron chi connectivity index (χ2n) is 4.69. The summed E-state index contributed by atoms with van der Waals surface area (Å²) in [5, 5.41) is 13.8. The van der Waals surface area contributed by atoms with Crippen LogP contribution in [0.25, 0.3) is 10.2 Å². The Bertz CT molecular complexity index is 563. The van der Waals surface area contributed by atoms with Gasteiger partial charge in [0.1, 0.15) is 17.0 Å². The van der Waals surface area contributed by atoms with Gasteiger partial charge in [-0.3, -0.25) is 0 Å². The van der Waals surface area contributed by atoms with Gasteiger partial charge >= 0.3 is 0 Å². The van der Waals surface area contributed by atoms with Gasteiger partial charge in [0.2, 0.25) is 0 Å². The molecule has 0 bridgehead atoms. The van der Waals surface area contributed by atoms with Crippen LogP contribution in [0.15, 0.2) is 6.33 Å². The van der Waals surface area contributed by atoms with E-state index < -0.39 is 0 Å². The summed E-state index contributed by atoms with van der Waals surface area (Å²) in [5.74, 6) is 0.889. The van der Waals surface area contributed by atoms with E-state index in [9.17, 15) is 5.11 Å². The van der Waals surface area contributed by atoms with Crippen LogP contribution in [-0.4, -0.2) is 27.7 Å². The number of aryl methyl sites for hydroxylation is 2. The van der Waals surface area contributed by atoms with Gasteiger partial charge < -0.3 is 10.4 Å². The van der Waals surface area contributed by atoms with Crippen molar-refractivity contribution in [2.45, 2.75) is 38.6 Å². The van der Waals surface area contributed by atoms with E-state index in [0.717, 1.165) is 23.5 Å². The predicted octanol–water partition coefficient (Wildman–Crippen LogP) is 2.36. The molecule has 2 aromatic heterocycles. The SMILES string of the molecule is CCC(CO)Nc1ncnc2sc3c(c12)CCC3. The van der Waals surface area contributed by atoms with Crippen molar-refractivity contribution < 1.29 is 5.11 Å². The van der Waals surface area contributed by atoms with Crippen LogP contribution in [0.1, 0.15) is 30.2 Å². The van der Waals surface area contributed by atoms with Crippen LogP contribution in [0.3, 0.4) is 0 Å². The number of aromatic nitrogens is 2. The second-order valence-corrected chi connectivity index (χ2v) is 5.78. The highest BCUT2D eigenvalue weighted by molar-refractivity contribution is 7.19. The lowest BCUT2D eigenvalue weighted by Gasteiger charge is -2.15. The molecule has 0 fully saturated rings. The van der Waals surface area contributed by atoms with Crippen molar-refractivity contribution in [2.24, 2.45) is 0 Å². The zero-order valence-corrected chi connectivity index (χ0v) is 11.3. The van der Waals surface area contributed by atoms with Crippen LogP contribution in [0.2, 0.25) is 0 Å². The first-order valence-electron chi connectivity index (χ1n) is 6.46. The van der Waals surface area contributed by atoms with E-state index in [1.54, 1.807) is 17.7 Å². The van der Waals surface area contributed by atoms with Crippen molar-refractivity contribution in [3.8, 4) is 0 Å². The molecule has 5 heteroatoms. The van der Waals surface area contributed by atoms with Gasteiger partial charge in [0.25, 0.3) is 0 Å². The van der Waals surface area contributed by atoms with Gasteiger partial charge in [0.05, 0.1) is 18.0 Å². The molecule has 0 amide bonds. The van der Waals surface area contributed by atoms with Gasteiger partial charge in [-0.25, -0.2) is 9.97 Å². The number of nitrogens with one attached hydrogen (secondary N) is 1. The Hall–Kier alpha value is -1.20. The van der Waals surface area contributed by atoms with Crippen LogP contribution in [-0.2, 0) is 12.8 Å². The third-order valence-electron chi connectivity index (χ3n) is 3.56. The fourth-order valence-corrected chi connectivity index (χ4v) is 3.74. The van der Waals surface area contributed by atoms with Crippen LogP contribution in [0, 0.1) is 0 Å². The number of aliphatic hydroxyl groups is 1. The molecular formula is C13H17N3OS. The van der Waals surface area contributed by atoms with Crippen molar-refractivity contribution in [3.05, 3.63) is 16.8 Å². The molecule has 2 heterocycles. The van der Waals surface area contributed by atoms with Crippen molar-refractivity contribution in [3.63, 3.8) is 0 Å². The van der Waals surface area contributed by atoms with Crippen LogP contribution in [0.5, 0.6) is 0 Å². The number of anilines is 1. The van der Waals surface area contributed by atoms with E-state index >= 15 is 0 Å². The molecule has 0 spiro atoms. The number of hydrogen-bond acceptors (Lipinski definition) is 5. The number of hydrogen-bond donors (Lipinski definition) is 2. The average molecular weight is 263 g/mol. The summed E-state index contributed by atoms with van der Waals surface area (Å²) in [6.07, 6.45) is 6.04. The Balaban J connectivity index is 2.06. The first kappa shape index (κ1) is 11.9. The van der Waals surface area contributed by atoms with Gasteiger partial charge in [0, 0.05) is 4.88 Å². The Morgan fingerprint density at radius 1 is 1.44 bits per heavy atom. The average Bonchev–Trinajstić information content (AvgIpc) is 2.95. The topological polar surface area (TPSA) is 58.0 Å². The maximum atomic E-state index is 9.30. The molecule has 0 saturated heterocycles. The lowest BCUT2D eigenvalue weighted by atomic mass is 10.1. The predicted molar refractivity (Wildman–Crippen MR) is 74.2 cm³/mol. The van der Waals surface area contributed by atoms with E-state index in [0.29, 0.717) is 0 Å². The standard InChI is InChI=1S/C13H17N3OS/c1-2-8(6-17)16-12-11-9-4-3-5-10(9)18-13(11)15-7-14-12/h7-8,17H,2-6H2,1H3,(H,14,15,16). The minimum atomic E-state index is 0.0695. The summed E-state index contributed by atoms with van der Waals surface area (Å²) in [5.41, 5.74) is 1.42. The number of fused-ring (bicyclic) bond motifs is 3. The van der Waals surface area contributed by atoms with E-state index in [1.165, 1.54) is 28.7 Å². The van der Waals surface area contributed by atoms with E-state index in [2.05, 4.69) is 22.2 Å². The molecule has 0 radical (unpaired) electrons. The molecule has 18 heavy (non-hydrogen) atoms. The number of rotatable bonds is 4. The molecule has 4 nitrogen and oxygen atoms in total. The zero-order chi connectivity index (χ0) is 12.5. The van der Waals surface area contributed by atoms with Crippen molar-refractivity contribution >= 4 is 27.4 Å². The maximum absolute atomic E-state index is 9.30. The summed E-state index contributed by atoms with van der Waals surface area (Å²) in [6, 6.07) is 0.0695. The number of nitrogens with zero attached hydrogens (tertiary/aromatic N) is 2. The molecule has 1 atom stereocenters. The highest BCUT2D eigenvalue weighted by atomic mass is 32.1. The van der Waals surface area contributed by atoms with Crippen molar-refractivity contribution in [2.75, 3.05) is 11.9 Å². The highest BCUT2D eigenvalue weighted by Crippen LogP contribution is 2.39. The molecule has 0 saturated carbocycles. The lowest BCUT2D eigenvalue weighted by Crippen LogP contribution is -2.23. The third kappa shape index (κ3) is 1.87. The quantitative estimate of drug-likeness (QED) is 0.889. The number of aliphatic hydroxyl groups excluding tert-OH is 1. The van der Waals surface area contributed by atoms with Crippen LogP contribution in [0.4, 0.5) is 5.82 Å². The van der Waals surface area contributed by atoms with Gasteiger partial charge in [-0.2, -0.15) is 0 Å². The fraction of sp³-hybridized carbons (Fsp3) is 0.538. The second kappa shape index (κ2) is 4.82. The summed E-state index contributed by atoms with van der Waals surface area (Å²) in [7, 11) is 0. The van der Waals surface area contributed by atoms with Crippen LogP contribution < -0.4 is 5.32 Å². The van der Waals surface area contributed by atoms with Crippen LogP contribution >= 0.6 is 11.3 Å². The van der Waals surface area contributed by atoms with E-state index in [-0.39, 0.29) is 12.6 Å². The molecule has 0 aromatic carbocycles. The smallest absolute Gasteiger partial charge is 0.138 e. The Kier molecular flexibility index (Phi) is 3.18. The monoisotopic (exact) mass is 263 g/mol. The van der Waals surface area contributed by atoms with E-state index in [1.807, 2.05) is 0 Å². The summed E-state index contributed by atoms with van der Waals surface area (Å²) >= 11 is 1.79. The third-order valence-corrected chi connectivity index (χ3v) is 4.76. The summed E-state index contributed by atoms with van der Waals surface area (Å²) < 4.78 is 0. The fourth-order valence-electron chi connectivity index (χ4n) is 2.51. The Morgan fingerprint density at radius 3 is 3.11 bits per heavy atom. The molecule has 0 aliphatic heterocycles.